The van der Waals surface area contributed by atoms with Crippen LogP contribution in [0.25, 0.3) is 0 Å². The quantitative estimate of drug-likeness (QED) is 0.509. The van der Waals surface area contributed by atoms with E-state index in [9.17, 15) is 0 Å². The monoisotopic (exact) mass is 233 g/mol. The standard InChI is InChI=1S/C8H16BrN3/c1-8(2,3)5-12-6-10-11(4)7(12)9/h6-7H,5H2,1-4H3. The van der Waals surface area contributed by atoms with Gasteiger partial charge in [0.05, 0.1) is 0 Å². The number of rotatable bonds is 1. The summed E-state index contributed by atoms with van der Waals surface area (Å²) in [5, 5.41) is 6.28. The molecule has 1 aliphatic heterocycles. The molecule has 0 aromatic rings. The summed E-state index contributed by atoms with van der Waals surface area (Å²) < 4.78 is 0. The lowest BCUT2D eigenvalue weighted by Gasteiger charge is -2.29. The van der Waals surface area contributed by atoms with E-state index in [2.05, 4.69) is 46.7 Å². The number of alkyl halides is 1. The normalized spacial score (nSPS) is 23.9. The van der Waals surface area contributed by atoms with E-state index in [4.69, 9.17) is 0 Å². The fourth-order valence-corrected chi connectivity index (χ4v) is 1.49. The Balaban J connectivity index is 2.51. The van der Waals surface area contributed by atoms with Gasteiger partial charge >= 0.3 is 0 Å². The van der Waals surface area contributed by atoms with Gasteiger partial charge in [-0.25, -0.2) is 0 Å². The molecule has 0 bridgehead atoms. The molecule has 0 saturated heterocycles. The Morgan fingerprint density at radius 3 is 2.42 bits per heavy atom. The van der Waals surface area contributed by atoms with Gasteiger partial charge in [-0.05, 0) is 21.3 Å². The molecule has 12 heavy (non-hydrogen) atoms. The summed E-state index contributed by atoms with van der Waals surface area (Å²) in [6, 6.07) is 0. The molecule has 0 N–H and O–H groups in total. The number of hydrazone groups is 1. The Hall–Kier alpha value is -0.250. The minimum absolute atomic E-state index is 0.219. The summed E-state index contributed by atoms with van der Waals surface area (Å²) in [5.74, 6) is 0. The van der Waals surface area contributed by atoms with Crippen LogP contribution in [-0.2, 0) is 0 Å². The Kier molecular flexibility index (Phi) is 2.66. The van der Waals surface area contributed by atoms with E-state index in [1.807, 2.05) is 18.4 Å². The minimum Gasteiger partial charge on any atom is -0.330 e. The van der Waals surface area contributed by atoms with E-state index in [0.717, 1.165) is 6.54 Å². The van der Waals surface area contributed by atoms with Gasteiger partial charge in [-0.15, -0.1) is 0 Å². The van der Waals surface area contributed by atoms with Crippen molar-refractivity contribution < 1.29 is 0 Å². The fourth-order valence-electron chi connectivity index (χ4n) is 1.14. The lowest BCUT2D eigenvalue weighted by atomic mass is 9.96. The molecule has 1 rings (SSSR count). The SMILES string of the molecule is CN1N=CN(CC(C)(C)C)C1Br. The van der Waals surface area contributed by atoms with Crippen LogP contribution in [0.2, 0.25) is 0 Å². The third kappa shape index (κ3) is 2.37. The largest absolute Gasteiger partial charge is 0.330 e. The molecule has 4 heteroatoms. The van der Waals surface area contributed by atoms with E-state index >= 15 is 0 Å². The molecular weight excluding hydrogens is 218 g/mol. The zero-order valence-electron chi connectivity index (χ0n) is 8.08. The van der Waals surface area contributed by atoms with E-state index in [1.54, 1.807) is 0 Å². The Morgan fingerprint density at radius 1 is 1.50 bits per heavy atom. The smallest absolute Gasteiger partial charge is 0.175 e. The lowest BCUT2D eigenvalue weighted by Crippen LogP contribution is -2.38. The van der Waals surface area contributed by atoms with Gasteiger partial charge in [-0.1, -0.05) is 20.8 Å². The van der Waals surface area contributed by atoms with E-state index in [0.29, 0.717) is 5.41 Å². The highest BCUT2D eigenvalue weighted by Crippen LogP contribution is 2.22. The first-order chi connectivity index (χ1) is 5.40. The second-order valence-electron chi connectivity index (χ2n) is 4.35. The molecule has 0 aliphatic carbocycles. The van der Waals surface area contributed by atoms with Crippen molar-refractivity contribution in [3.63, 3.8) is 0 Å². The van der Waals surface area contributed by atoms with Crippen LogP contribution in [0, 0.1) is 5.41 Å². The summed E-state index contributed by atoms with van der Waals surface area (Å²) in [7, 11) is 1.96. The van der Waals surface area contributed by atoms with Crippen LogP contribution >= 0.6 is 15.9 Å². The third-order valence-electron chi connectivity index (χ3n) is 1.62. The summed E-state index contributed by atoms with van der Waals surface area (Å²) >= 11 is 3.55. The van der Waals surface area contributed by atoms with E-state index in [-0.39, 0.29) is 5.08 Å². The van der Waals surface area contributed by atoms with Crippen molar-refractivity contribution in [1.29, 1.82) is 0 Å². The molecule has 0 saturated carbocycles. The van der Waals surface area contributed by atoms with Crippen LogP contribution < -0.4 is 0 Å². The van der Waals surface area contributed by atoms with Crippen molar-refractivity contribution in [2.45, 2.75) is 25.8 Å². The third-order valence-corrected chi connectivity index (χ3v) is 2.74. The fraction of sp³-hybridized carbons (Fsp3) is 0.875. The van der Waals surface area contributed by atoms with Gasteiger partial charge in [-0.2, -0.15) is 5.10 Å². The Labute approximate surface area is 82.5 Å². The molecular formula is C8H16BrN3. The number of nitrogens with zero attached hydrogens (tertiary/aromatic N) is 3. The zero-order chi connectivity index (χ0) is 9.35. The maximum atomic E-state index is 4.17. The first kappa shape index (κ1) is 9.84. The molecule has 1 atom stereocenters. The summed E-state index contributed by atoms with van der Waals surface area (Å²) in [6.07, 6.45) is 1.88. The molecule has 0 spiro atoms. The number of hydrogen-bond donors (Lipinski definition) is 0. The van der Waals surface area contributed by atoms with Crippen LogP contribution in [0.3, 0.4) is 0 Å². The molecule has 0 aromatic heterocycles. The summed E-state index contributed by atoms with van der Waals surface area (Å²) in [5.41, 5.74) is 0.309. The second-order valence-corrected chi connectivity index (χ2v) is 5.17. The van der Waals surface area contributed by atoms with Crippen molar-refractivity contribution in [3.05, 3.63) is 0 Å². The highest BCUT2D eigenvalue weighted by Gasteiger charge is 2.25. The number of halogens is 1. The van der Waals surface area contributed by atoms with Gasteiger partial charge < -0.3 is 4.90 Å². The summed E-state index contributed by atoms with van der Waals surface area (Å²) in [4.78, 5) is 2.18. The van der Waals surface area contributed by atoms with Crippen LogP contribution in [-0.4, -0.2) is 34.9 Å². The molecule has 1 heterocycles. The van der Waals surface area contributed by atoms with Crippen molar-refractivity contribution in [2.24, 2.45) is 10.5 Å². The molecule has 0 amide bonds. The van der Waals surface area contributed by atoms with E-state index < -0.39 is 0 Å². The number of hydrogen-bond acceptors (Lipinski definition) is 3. The van der Waals surface area contributed by atoms with Crippen LogP contribution in [0.15, 0.2) is 5.10 Å². The van der Waals surface area contributed by atoms with Gasteiger partial charge in [0.1, 0.15) is 6.34 Å². The minimum atomic E-state index is 0.219. The van der Waals surface area contributed by atoms with Gasteiger partial charge in [0, 0.05) is 13.6 Å². The van der Waals surface area contributed by atoms with Crippen LogP contribution in [0.5, 0.6) is 0 Å². The topological polar surface area (TPSA) is 18.8 Å². The van der Waals surface area contributed by atoms with Gasteiger partial charge in [0.2, 0.25) is 0 Å². The first-order valence-electron chi connectivity index (χ1n) is 4.07. The van der Waals surface area contributed by atoms with Crippen LogP contribution in [0.4, 0.5) is 0 Å². The van der Waals surface area contributed by atoms with Crippen molar-refractivity contribution in [2.75, 3.05) is 13.6 Å². The Morgan fingerprint density at radius 2 is 2.08 bits per heavy atom. The van der Waals surface area contributed by atoms with Crippen molar-refractivity contribution in [3.8, 4) is 0 Å². The second kappa shape index (κ2) is 3.24. The predicted octanol–water partition coefficient (Wildman–Crippen LogP) is 1.90. The first-order valence-corrected chi connectivity index (χ1v) is 4.98. The molecule has 70 valence electrons. The van der Waals surface area contributed by atoms with Crippen molar-refractivity contribution >= 4 is 22.3 Å². The van der Waals surface area contributed by atoms with Gasteiger partial charge in [0.25, 0.3) is 0 Å². The van der Waals surface area contributed by atoms with Gasteiger partial charge in [-0.3, -0.25) is 5.01 Å². The molecule has 1 unspecified atom stereocenters. The zero-order valence-corrected chi connectivity index (χ0v) is 9.67. The highest BCUT2D eigenvalue weighted by atomic mass is 79.9. The Bertz CT molecular complexity index is 185. The highest BCUT2D eigenvalue weighted by molar-refractivity contribution is 9.09. The van der Waals surface area contributed by atoms with Gasteiger partial charge in [0.15, 0.2) is 5.08 Å². The molecule has 0 radical (unpaired) electrons. The predicted molar refractivity (Wildman–Crippen MR) is 55.1 cm³/mol. The molecule has 0 aromatic carbocycles. The maximum Gasteiger partial charge on any atom is 0.175 e. The maximum absolute atomic E-state index is 4.17. The average Bonchev–Trinajstić information content (AvgIpc) is 2.16. The van der Waals surface area contributed by atoms with E-state index in [1.165, 1.54) is 0 Å². The lowest BCUT2D eigenvalue weighted by molar-refractivity contribution is 0.202. The summed E-state index contributed by atoms with van der Waals surface area (Å²) in [6.45, 7) is 7.67. The van der Waals surface area contributed by atoms with Crippen LogP contribution in [0.1, 0.15) is 20.8 Å². The molecule has 1 aliphatic rings. The average molecular weight is 234 g/mol. The molecule has 0 fully saturated rings. The molecule has 3 nitrogen and oxygen atoms in total. The van der Waals surface area contributed by atoms with Crippen molar-refractivity contribution in [1.82, 2.24) is 9.91 Å².